The van der Waals surface area contributed by atoms with Crippen molar-refractivity contribution in [2.45, 2.75) is 37.6 Å². The molecule has 2 aromatic heterocycles. The molecule has 0 spiro atoms. The first kappa shape index (κ1) is 16.6. The summed E-state index contributed by atoms with van der Waals surface area (Å²) in [7, 11) is 0. The third-order valence-corrected chi connectivity index (χ3v) is 6.06. The molecule has 5 rings (SSSR count). The van der Waals surface area contributed by atoms with E-state index in [1.54, 1.807) is 6.33 Å². The highest BCUT2D eigenvalue weighted by Gasteiger charge is 2.54. The van der Waals surface area contributed by atoms with Crippen molar-refractivity contribution in [1.29, 1.82) is 0 Å². The van der Waals surface area contributed by atoms with E-state index in [4.69, 9.17) is 9.51 Å². The van der Waals surface area contributed by atoms with Gasteiger partial charge in [0.2, 0.25) is 5.89 Å². The molecule has 3 aromatic rings. The molecule has 2 aliphatic rings. The SMILES string of the molecule is c1ccc(Cc2noc([C@@]34CCC[C@@H]3CN(Cc3cncnc3)C4)n2)cc1. The Hall–Kier alpha value is -2.60. The minimum atomic E-state index is 0.0115. The number of benzene rings is 1. The van der Waals surface area contributed by atoms with Crippen LogP contribution in [-0.4, -0.2) is 38.1 Å². The summed E-state index contributed by atoms with van der Waals surface area (Å²) >= 11 is 0. The summed E-state index contributed by atoms with van der Waals surface area (Å²) < 4.78 is 5.81. The Bertz CT molecular complexity index is 897. The lowest BCUT2D eigenvalue weighted by Gasteiger charge is -2.24. The van der Waals surface area contributed by atoms with Crippen LogP contribution >= 0.6 is 0 Å². The van der Waals surface area contributed by atoms with E-state index in [9.17, 15) is 0 Å². The summed E-state index contributed by atoms with van der Waals surface area (Å²) in [5.74, 6) is 2.21. The van der Waals surface area contributed by atoms with Gasteiger partial charge in [0, 0.05) is 44.0 Å². The third-order valence-electron chi connectivity index (χ3n) is 6.06. The van der Waals surface area contributed by atoms with Gasteiger partial charge in [-0.25, -0.2) is 9.97 Å². The van der Waals surface area contributed by atoms with Crippen LogP contribution in [0.5, 0.6) is 0 Å². The highest BCUT2D eigenvalue weighted by atomic mass is 16.5. The van der Waals surface area contributed by atoms with Crippen molar-refractivity contribution in [1.82, 2.24) is 25.0 Å². The summed E-state index contributed by atoms with van der Waals surface area (Å²) in [6.45, 7) is 2.93. The van der Waals surface area contributed by atoms with Gasteiger partial charge in [0.25, 0.3) is 0 Å². The van der Waals surface area contributed by atoms with Crippen LogP contribution in [0.2, 0.25) is 0 Å². The lowest BCUT2D eigenvalue weighted by atomic mass is 9.80. The van der Waals surface area contributed by atoms with Crippen molar-refractivity contribution in [2.75, 3.05) is 13.1 Å². The van der Waals surface area contributed by atoms with Gasteiger partial charge >= 0.3 is 0 Å². The number of rotatable bonds is 5. The Morgan fingerprint density at radius 2 is 1.96 bits per heavy atom. The molecule has 0 radical (unpaired) electrons. The lowest BCUT2D eigenvalue weighted by Crippen LogP contribution is -2.32. The largest absolute Gasteiger partial charge is 0.339 e. The van der Waals surface area contributed by atoms with E-state index in [1.807, 2.05) is 30.6 Å². The van der Waals surface area contributed by atoms with E-state index in [1.165, 1.54) is 18.4 Å². The molecular weight excluding hydrogens is 338 g/mol. The Morgan fingerprint density at radius 1 is 1.11 bits per heavy atom. The molecule has 0 amide bonds. The van der Waals surface area contributed by atoms with Gasteiger partial charge in [0.05, 0.1) is 5.41 Å². The first-order valence-electron chi connectivity index (χ1n) is 9.65. The van der Waals surface area contributed by atoms with E-state index in [0.717, 1.165) is 49.8 Å². The predicted molar refractivity (Wildman–Crippen MR) is 99.9 cm³/mol. The monoisotopic (exact) mass is 361 g/mol. The molecule has 2 fully saturated rings. The zero-order chi connectivity index (χ0) is 18.1. The van der Waals surface area contributed by atoms with Crippen LogP contribution in [0.1, 0.15) is 42.1 Å². The average Bonchev–Trinajstić information content (AvgIpc) is 3.38. The summed E-state index contributed by atoms with van der Waals surface area (Å²) in [5, 5.41) is 4.30. The molecule has 6 heteroatoms. The summed E-state index contributed by atoms with van der Waals surface area (Å²) in [4.78, 5) is 15.6. The molecule has 1 saturated carbocycles. The first-order chi connectivity index (χ1) is 13.3. The Kier molecular flexibility index (Phi) is 4.20. The number of fused-ring (bicyclic) bond motifs is 1. The zero-order valence-corrected chi connectivity index (χ0v) is 15.3. The van der Waals surface area contributed by atoms with Gasteiger partial charge in [0.1, 0.15) is 6.33 Å². The highest BCUT2D eigenvalue weighted by molar-refractivity contribution is 5.21. The van der Waals surface area contributed by atoms with Crippen molar-refractivity contribution in [3.8, 4) is 0 Å². The number of hydrogen-bond acceptors (Lipinski definition) is 6. The molecule has 1 aromatic carbocycles. The second-order valence-corrected chi connectivity index (χ2v) is 7.84. The quantitative estimate of drug-likeness (QED) is 0.696. The maximum Gasteiger partial charge on any atom is 0.234 e. The van der Waals surface area contributed by atoms with Crippen molar-refractivity contribution in [2.24, 2.45) is 5.92 Å². The van der Waals surface area contributed by atoms with Gasteiger partial charge in [-0.15, -0.1) is 0 Å². The van der Waals surface area contributed by atoms with Crippen LogP contribution in [0.4, 0.5) is 0 Å². The second-order valence-electron chi connectivity index (χ2n) is 7.84. The summed E-state index contributed by atoms with van der Waals surface area (Å²) in [6, 6.07) is 10.3. The molecule has 27 heavy (non-hydrogen) atoms. The minimum absolute atomic E-state index is 0.0115. The van der Waals surface area contributed by atoms with Crippen molar-refractivity contribution >= 4 is 0 Å². The van der Waals surface area contributed by atoms with Gasteiger partial charge in [-0.3, -0.25) is 4.90 Å². The van der Waals surface area contributed by atoms with Crippen LogP contribution in [0.15, 0.2) is 53.6 Å². The fraction of sp³-hybridized carbons (Fsp3) is 0.429. The second kappa shape index (κ2) is 6.85. The summed E-state index contributed by atoms with van der Waals surface area (Å²) in [5.41, 5.74) is 2.38. The lowest BCUT2D eigenvalue weighted by molar-refractivity contribution is 0.244. The maximum atomic E-state index is 5.81. The molecular formula is C21H23N5O. The van der Waals surface area contributed by atoms with Crippen LogP contribution in [0, 0.1) is 5.92 Å². The number of aromatic nitrogens is 4. The van der Waals surface area contributed by atoms with E-state index in [-0.39, 0.29) is 5.41 Å². The van der Waals surface area contributed by atoms with Crippen molar-refractivity contribution < 1.29 is 4.52 Å². The van der Waals surface area contributed by atoms with Gasteiger partial charge in [-0.05, 0) is 24.3 Å². The smallest absolute Gasteiger partial charge is 0.234 e. The van der Waals surface area contributed by atoms with E-state index >= 15 is 0 Å². The third kappa shape index (κ3) is 3.14. The van der Waals surface area contributed by atoms with Gasteiger partial charge < -0.3 is 4.52 Å². The molecule has 0 bridgehead atoms. The van der Waals surface area contributed by atoms with Crippen LogP contribution < -0.4 is 0 Å². The standard InChI is InChI=1S/C21H23N5O/c1-2-5-16(6-3-1)9-19-24-20(27-25-19)21-8-4-7-18(21)13-26(14-21)12-17-10-22-15-23-11-17/h1-3,5-6,10-11,15,18H,4,7-9,12-14H2/t18-,21-/m1/s1. The highest BCUT2D eigenvalue weighted by Crippen LogP contribution is 2.50. The first-order valence-corrected chi connectivity index (χ1v) is 9.65. The molecule has 6 nitrogen and oxygen atoms in total. The molecule has 3 heterocycles. The molecule has 0 unspecified atom stereocenters. The number of hydrogen-bond donors (Lipinski definition) is 0. The Balaban J connectivity index is 1.35. The minimum Gasteiger partial charge on any atom is -0.339 e. The fourth-order valence-electron chi connectivity index (χ4n) is 4.84. The van der Waals surface area contributed by atoms with Crippen LogP contribution in [0.25, 0.3) is 0 Å². The fourth-order valence-corrected chi connectivity index (χ4v) is 4.84. The van der Waals surface area contributed by atoms with E-state index in [2.05, 4.69) is 32.2 Å². The van der Waals surface area contributed by atoms with Gasteiger partial charge in [-0.2, -0.15) is 4.98 Å². The maximum absolute atomic E-state index is 5.81. The Morgan fingerprint density at radius 3 is 2.81 bits per heavy atom. The van der Waals surface area contributed by atoms with E-state index < -0.39 is 0 Å². The van der Waals surface area contributed by atoms with E-state index in [0.29, 0.717) is 5.92 Å². The van der Waals surface area contributed by atoms with Crippen LogP contribution in [-0.2, 0) is 18.4 Å². The Labute approximate surface area is 158 Å². The molecule has 0 N–H and O–H groups in total. The van der Waals surface area contributed by atoms with Crippen molar-refractivity contribution in [3.63, 3.8) is 0 Å². The molecule has 1 aliphatic carbocycles. The van der Waals surface area contributed by atoms with Crippen molar-refractivity contribution in [3.05, 3.63) is 71.9 Å². The molecule has 1 aliphatic heterocycles. The van der Waals surface area contributed by atoms with Gasteiger partial charge in [-0.1, -0.05) is 41.9 Å². The van der Waals surface area contributed by atoms with Crippen LogP contribution in [0.3, 0.4) is 0 Å². The topological polar surface area (TPSA) is 67.9 Å². The number of likely N-dealkylation sites (tertiary alicyclic amines) is 1. The molecule has 2 atom stereocenters. The molecule has 1 saturated heterocycles. The van der Waals surface area contributed by atoms with Gasteiger partial charge in [0.15, 0.2) is 5.82 Å². The predicted octanol–water partition coefficient (Wildman–Crippen LogP) is 3.00. The summed E-state index contributed by atoms with van der Waals surface area (Å²) in [6.07, 6.45) is 9.71. The molecule has 138 valence electrons. The average molecular weight is 361 g/mol. The zero-order valence-electron chi connectivity index (χ0n) is 15.3. The normalized spacial score (nSPS) is 25.0. The number of nitrogens with zero attached hydrogens (tertiary/aromatic N) is 5.